The minimum absolute atomic E-state index is 0.000269. The van der Waals surface area contributed by atoms with E-state index in [0.717, 1.165) is 42.5 Å². The number of nitrogens with zero attached hydrogens (tertiary/aromatic N) is 1. The van der Waals surface area contributed by atoms with Crippen LogP contribution in [-0.4, -0.2) is 21.8 Å². The Morgan fingerprint density at radius 2 is 1.97 bits per heavy atom. The van der Waals surface area contributed by atoms with Crippen molar-refractivity contribution in [2.24, 2.45) is 0 Å². The minimum Gasteiger partial charge on any atom is -0.356 e. The van der Waals surface area contributed by atoms with Crippen LogP contribution in [0.25, 0.3) is 10.9 Å². The van der Waals surface area contributed by atoms with E-state index in [1.165, 1.54) is 23.1 Å². The lowest BCUT2D eigenvalue weighted by Crippen LogP contribution is -2.47. The molecule has 0 spiro atoms. The third-order valence-corrected chi connectivity index (χ3v) is 5.94. The third kappa shape index (κ3) is 3.58. The Morgan fingerprint density at radius 1 is 1.24 bits per heavy atom. The van der Waals surface area contributed by atoms with Gasteiger partial charge in [-0.1, -0.05) is 68.3 Å². The predicted molar refractivity (Wildman–Crippen MR) is 115 cm³/mol. The maximum absolute atomic E-state index is 13.6. The van der Waals surface area contributed by atoms with Crippen molar-refractivity contribution in [3.8, 4) is 0 Å². The van der Waals surface area contributed by atoms with Crippen molar-refractivity contribution < 1.29 is 9.18 Å². The van der Waals surface area contributed by atoms with Crippen LogP contribution in [0.2, 0.25) is 0 Å². The Bertz CT molecular complexity index is 1060. The Kier molecular flexibility index (Phi) is 5.46. The standard InChI is InChI=1S/C24H24ClFN2O/c1-3-4-7-18-14-20-19-8-5-6-9-21(19)27-22(20)23(28(18)24(29)15(2)25)16-10-12-17(26)13-11-16/h5-6,8-13,18,23,27H,2-4,7,14H2,1H3/t18-,23-/m0/s1. The molecule has 0 saturated carbocycles. The monoisotopic (exact) mass is 410 g/mol. The van der Waals surface area contributed by atoms with E-state index in [9.17, 15) is 9.18 Å². The van der Waals surface area contributed by atoms with E-state index >= 15 is 0 Å². The zero-order valence-corrected chi connectivity index (χ0v) is 17.2. The lowest BCUT2D eigenvalue weighted by atomic mass is 9.86. The summed E-state index contributed by atoms with van der Waals surface area (Å²) in [6.07, 6.45) is 3.69. The highest BCUT2D eigenvalue weighted by atomic mass is 35.5. The van der Waals surface area contributed by atoms with Crippen LogP contribution in [0.3, 0.4) is 0 Å². The average Bonchev–Trinajstić information content (AvgIpc) is 3.09. The SMILES string of the molecule is C=C(Cl)C(=O)N1[C@@H](CCCC)Cc2c([nH]c3ccccc23)[C@@H]1c1ccc(F)cc1. The fraction of sp³-hybridized carbons (Fsp3) is 0.292. The Hall–Kier alpha value is -2.59. The number of carbonyl (C=O) groups is 1. The second-order valence-electron chi connectivity index (χ2n) is 7.63. The van der Waals surface area contributed by atoms with Gasteiger partial charge in [0, 0.05) is 22.6 Å². The molecule has 0 saturated heterocycles. The number of nitrogens with one attached hydrogen (secondary N) is 1. The number of hydrogen-bond donors (Lipinski definition) is 1. The summed E-state index contributed by atoms with van der Waals surface area (Å²) in [5, 5.41) is 1.17. The molecule has 1 aliphatic heterocycles. The van der Waals surface area contributed by atoms with Crippen LogP contribution < -0.4 is 0 Å². The molecule has 2 aromatic carbocycles. The van der Waals surface area contributed by atoms with Gasteiger partial charge in [-0.25, -0.2) is 4.39 Å². The number of unbranched alkanes of at least 4 members (excludes halogenated alkanes) is 1. The molecule has 0 radical (unpaired) electrons. The Balaban J connectivity index is 1.93. The summed E-state index contributed by atoms with van der Waals surface area (Å²) in [4.78, 5) is 18.5. The van der Waals surface area contributed by atoms with Crippen LogP contribution in [0.1, 0.15) is 49.0 Å². The number of amides is 1. The van der Waals surface area contributed by atoms with Crippen molar-refractivity contribution in [2.75, 3.05) is 0 Å². The fourth-order valence-corrected chi connectivity index (χ4v) is 4.53. The van der Waals surface area contributed by atoms with Gasteiger partial charge in [-0.15, -0.1) is 0 Å². The zero-order chi connectivity index (χ0) is 20.5. The van der Waals surface area contributed by atoms with E-state index in [1.807, 2.05) is 23.1 Å². The highest BCUT2D eigenvalue weighted by Crippen LogP contribution is 2.42. The lowest BCUT2D eigenvalue weighted by Gasteiger charge is -2.42. The van der Waals surface area contributed by atoms with Gasteiger partial charge >= 0.3 is 0 Å². The van der Waals surface area contributed by atoms with Crippen LogP contribution in [0.5, 0.6) is 0 Å². The number of rotatable bonds is 5. The van der Waals surface area contributed by atoms with E-state index in [0.29, 0.717) is 0 Å². The molecule has 4 rings (SSSR count). The minimum atomic E-state index is -0.364. The summed E-state index contributed by atoms with van der Waals surface area (Å²) in [5.41, 5.74) is 4.08. The topological polar surface area (TPSA) is 36.1 Å². The van der Waals surface area contributed by atoms with E-state index in [-0.39, 0.29) is 28.8 Å². The van der Waals surface area contributed by atoms with Gasteiger partial charge in [0.05, 0.1) is 11.1 Å². The number of hydrogen-bond acceptors (Lipinski definition) is 1. The van der Waals surface area contributed by atoms with Crippen molar-refractivity contribution >= 4 is 28.4 Å². The van der Waals surface area contributed by atoms with Crippen molar-refractivity contribution in [1.82, 2.24) is 9.88 Å². The van der Waals surface area contributed by atoms with Gasteiger partial charge in [-0.05, 0) is 42.2 Å². The molecular formula is C24H24ClFN2O. The molecule has 1 N–H and O–H groups in total. The van der Waals surface area contributed by atoms with Crippen molar-refractivity contribution in [1.29, 1.82) is 0 Å². The third-order valence-electron chi connectivity index (χ3n) is 5.77. The first-order chi connectivity index (χ1) is 14.0. The molecule has 0 fully saturated rings. The van der Waals surface area contributed by atoms with Crippen LogP contribution >= 0.6 is 11.6 Å². The normalized spacial score (nSPS) is 18.7. The van der Waals surface area contributed by atoms with Crippen LogP contribution in [0.4, 0.5) is 4.39 Å². The number of benzene rings is 2. The molecular weight excluding hydrogens is 387 g/mol. The molecule has 2 atom stereocenters. The van der Waals surface area contributed by atoms with Crippen molar-refractivity contribution in [3.63, 3.8) is 0 Å². The predicted octanol–water partition coefficient (Wildman–Crippen LogP) is 6.09. The van der Waals surface area contributed by atoms with Crippen LogP contribution in [0, 0.1) is 5.82 Å². The zero-order valence-electron chi connectivity index (χ0n) is 16.4. The number of H-pyrrole nitrogens is 1. The number of aromatic nitrogens is 1. The molecule has 29 heavy (non-hydrogen) atoms. The number of para-hydroxylation sites is 1. The summed E-state index contributed by atoms with van der Waals surface area (Å²) in [7, 11) is 0. The molecule has 1 aliphatic rings. The summed E-state index contributed by atoms with van der Waals surface area (Å²) >= 11 is 6.09. The highest BCUT2D eigenvalue weighted by Gasteiger charge is 2.40. The molecule has 3 aromatic rings. The average molecular weight is 411 g/mol. The number of carbonyl (C=O) groups excluding carboxylic acids is 1. The number of halogens is 2. The molecule has 0 aliphatic carbocycles. The van der Waals surface area contributed by atoms with Gasteiger partial charge in [0.2, 0.25) is 0 Å². The first kappa shape index (κ1) is 19.7. The van der Waals surface area contributed by atoms with Crippen molar-refractivity contribution in [2.45, 2.75) is 44.7 Å². The maximum atomic E-state index is 13.6. The van der Waals surface area contributed by atoms with E-state index in [2.05, 4.69) is 24.6 Å². The largest absolute Gasteiger partial charge is 0.356 e. The smallest absolute Gasteiger partial charge is 0.265 e. The lowest BCUT2D eigenvalue weighted by molar-refractivity contribution is -0.131. The fourth-order valence-electron chi connectivity index (χ4n) is 4.43. The summed E-state index contributed by atoms with van der Waals surface area (Å²) in [6, 6.07) is 14.2. The van der Waals surface area contributed by atoms with Crippen molar-refractivity contribution in [3.05, 3.63) is 82.8 Å². The molecule has 5 heteroatoms. The first-order valence-corrected chi connectivity index (χ1v) is 10.4. The van der Waals surface area contributed by atoms with E-state index < -0.39 is 0 Å². The quantitative estimate of drug-likeness (QED) is 0.507. The Morgan fingerprint density at radius 3 is 2.66 bits per heavy atom. The van der Waals surface area contributed by atoms with Gasteiger partial charge < -0.3 is 9.88 Å². The van der Waals surface area contributed by atoms with Gasteiger partial charge in [0.15, 0.2) is 0 Å². The summed E-state index contributed by atoms with van der Waals surface area (Å²) in [6.45, 7) is 5.83. The second kappa shape index (κ2) is 8.03. The number of fused-ring (bicyclic) bond motifs is 3. The van der Waals surface area contributed by atoms with Gasteiger partial charge in [0.1, 0.15) is 5.82 Å². The molecule has 150 valence electrons. The highest BCUT2D eigenvalue weighted by molar-refractivity contribution is 6.41. The van der Waals surface area contributed by atoms with Gasteiger partial charge in [-0.2, -0.15) is 0 Å². The van der Waals surface area contributed by atoms with Gasteiger partial charge in [-0.3, -0.25) is 4.79 Å². The van der Waals surface area contributed by atoms with Gasteiger partial charge in [0.25, 0.3) is 5.91 Å². The summed E-state index contributed by atoms with van der Waals surface area (Å²) < 4.78 is 13.6. The molecule has 1 aromatic heterocycles. The van der Waals surface area contributed by atoms with E-state index in [4.69, 9.17) is 11.6 Å². The molecule has 0 bridgehead atoms. The maximum Gasteiger partial charge on any atom is 0.265 e. The Labute approximate surface area is 175 Å². The molecule has 2 heterocycles. The van der Waals surface area contributed by atoms with E-state index in [1.54, 1.807) is 12.1 Å². The molecule has 0 unspecified atom stereocenters. The van der Waals surface area contributed by atoms with Crippen LogP contribution in [-0.2, 0) is 11.2 Å². The first-order valence-electron chi connectivity index (χ1n) is 10.0. The number of aromatic amines is 1. The molecule has 3 nitrogen and oxygen atoms in total. The second-order valence-corrected chi connectivity index (χ2v) is 8.09. The van der Waals surface area contributed by atoms with Crippen LogP contribution in [0.15, 0.2) is 60.1 Å². The molecule has 1 amide bonds. The summed E-state index contributed by atoms with van der Waals surface area (Å²) in [5.74, 6) is -0.574.